The van der Waals surface area contributed by atoms with Crippen molar-refractivity contribution in [1.29, 1.82) is 0 Å². The fourth-order valence-electron chi connectivity index (χ4n) is 1.42. The lowest BCUT2D eigenvalue weighted by Gasteiger charge is -2.06. The molecular formula is C13H12ClN3O2. The standard InChI is InChI=1S/C13H12ClN3O2/c1-2-19-12-7-11(15-8-16-12)13(18)17-10-5-3-9(14)4-6-10/h3-8H,2H2,1H3,(H,17,18). The monoisotopic (exact) mass is 277 g/mol. The number of rotatable bonds is 4. The molecule has 0 unspecified atom stereocenters. The van der Waals surface area contributed by atoms with Gasteiger partial charge in [-0.2, -0.15) is 0 Å². The predicted molar refractivity (Wildman–Crippen MR) is 72.6 cm³/mol. The van der Waals surface area contributed by atoms with E-state index in [0.717, 1.165) is 0 Å². The highest BCUT2D eigenvalue weighted by Crippen LogP contribution is 2.14. The maximum atomic E-state index is 12.0. The third kappa shape index (κ3) is 3.66. The molecule has 0 aliphatic carbocycles. The van der Waals surface area contributed by atoms with E-state index in [-0.39, 0.29) is 11.6 Å². The zero-order valence-electron chi connectivity index (χ0n) is 10.3. The third-order valence-corrected chi connectivity index (χ3v) is 2.52. The summed E-state index contributed by atoms with van der Waals surface area (Å²) in [7, 11) is 0. The SMILES string of the molecule is CCOc1cc(C(=O)Nc2ccc(Cl)cc2)ncn1. The molecule has 1 aromatic carbocycles. The number of benzene rings is 1. The van der Waals surface area contributed by atoms with Crippen molar-refractivity contribution in [3.05, 3.63) is 47.4 Å². The number of nitrogens with zero attached hydrogens (tertiary/aromatic N) is 2. The fourth-order valence-corrected chi connectivity index (χ4v) is 1.54. The van der Waals surface area contributed by atoms with Gasteiger partial charge in [0.2, 0.25) is 5.88 Å². The fraction of sp³-hybridized carbons (Fsp3) is 0.154. The Morgan fingerprint density at radius 2 is 2.05 bits per heavy atom. The van der Waals surface area contributed by atoms with Gasteiger partial charge in [-0.05, 0) is 31.2 Å². The van der Waals surface area contributed by atoms with Crippen LogP contribution in [0.15, 0.2) is 36.7 Å². The number of carbonyl (C=O) groups is 1. The van der Waals surface area contributed by atoms with Crippen molar-refractivity contribution in [2.75, 3.05) is 11.9 Å². The summed E-state index contributed by atoms with van der Waals surface area (Å²) in [5.74, 6) is 0.0458. The first-order valence-corrected chi connectivity index (χ1v) is 6.08. The molecule has 1 amide bonds. The van der Waals surface area contributed by atoms with Gasteiger partial charge in [-0.15, -0.1) is 0 Å². The second-order valence-electron chi connectivity index (χ2n) is 3.64. The number of ether oxygens (including phenoxy) is 1. The normalized spacial score (nSPS) is 10.0. The number of carbonyl (C=O) groups excluding carboxylic acids is 1. The van der Waals surface area contributed by atoms with Crippen LogP contribution in [-0.4, -0.2) is 22.5 Å². The molecule has 0 saturated heterocycles. The van der Waals surface area contributed by atoms with E-state index in [9.17, 15) is 4.79 Å². The van der Waals surface area contributed by atoms with E-state index in [1.807, 2.05) is 6.92 Å². The van der Waals surface area contributed by atoms with Gasteiger partial charge in [-0.25, -0.2) is 9.97 Å². The molecule has 0 saturated carbocycles. The largest absolute Gasteiger partial charge is 0.478 e. The summed E-state index contributed by atoms with van der Waals surface area (Å²) in [6.07, 6.45) is 1.29. The van der Waals surface area contributed by atoms with E-state index in [1.165, 1.54) is 12.4 Å². The topological polar surface area (TPSA) is 64.1 Å². The van der Waals surface area contributed by atoms with Crippen LogP contribution in [0.4, 0.5) is 5.69 Å². The smallest absolute Gasteiger partial charge is 0.274 e. The molecule has 2 rings (SSSR count). The van der Waals surface area contributed by atoms with E-state index < -0.39 is 0 Å². The second kappa shape index (κ2) is 6.15. The van der Waals surface area contributed by atoms with Crippen molar-refractivity contribution >= 4 is 23.2 Å². The lowest BCUT2D eigenvalue weighted by molar-refractivity contribution is 0.102. The van der Waals surface area contributed by atoms with E-state index in [2.05, 4.69) is 15.3 Å². The number of anilines is 1. The second-order valence-corrected chi connectivity index (χ2v) is 4.07. The third-order valence-electron chi connectivity index (χ3n) is 2.27. The molecule has 0 atom stereocenters. The minimum Gasteiger partial charge on any atom is -0.478 e. The van der Waals surface area contributed by atoms with Crippen LogP contribution < -0.4 is 10.1 Å². The minimum atomic E-state index is -0.328. The van der Waals surface area contributed by atoms with Crippen LogP contribution in [0.1, 0.15) is 17.4 Å². The Morgan fingerprint density at radius 1 is 1.32 bits per heavy atom. The molecule has 98 valence electrons. The molecule has 6 heteroatoms. The molecule has 0 fully saturated rings. The predicted octanol–water partition coefficient (Wildman–Crippen LogP) is 2.78. The van der Waals surface area contributed by atoms with Crippen molar-refractivity contribution in [2.24, 2.45) is 0 Å². The number of aromatic nitrogens is 2. The van der Waals surface area contributed by atoms with Gasteiger partial charge in [0, 0.05) is 16.8 Å². The Labute approximate surface area is 115 Å². The number of halogens is 1. The van der Waals surface area contributed by atoms with Crippen LogP contribution >= 0.6 is 11.6 Å². The van der Waals surface area contributed by atoms with Gasteiger partial charge in [0.25, 0.3) is 5.91 Å². The zero-order chi connectivity index (χ0) is 13.7. The van der Waals surface area contributed by atoms with Crippen LogP contribution in [0.3, 0.4) is 0 Å². The number of nitrogens with one attached hydrogen (secondary N) is 1. The summed E-state index contributed by atoms with van der Waals surface area (Å²) in [5, 5.41) is 3.32. The molecule has 2 aromatic rings. The summed E-state index contributed by atoms with van der Waals surface area (Å²) < 4.78 is 5.21. The molecule has 0 bridgehead atoms. The number of amides is 1. The van der Waals surface area contributed by atoms with Crippen molar-refractivity contribution < 1.29 is 9.53 Å². The first-order valence-electron chi connectivity index (χ1n) is 5.71. The highest BCUT2D eigenvalue weighted by molar-refractivity contribution is 6.30. The Morgan fingerprint density at radius 3 is 2.74 bits per heavy atom. The summed E-state index contributed by atoms with van der Waals surface area (Å²) in [5.41, 5.74) is 0.888. The van der Waals surface area contributed by atoms with Crippen molar-refractivity contribution in [3.63, 3.8) is 0 Å². The Bertz CT molecular complexity index is 572. The van der Waals surface area contributed by atoms with Gasteiger partial charge in [0.15, 0.2) is 0 Å². The molecule has 0 aliphatic rings. The lowest BCUT2D eigenvalue weighted by atomic mass is 10.3. The van der Waals surface area contributed by atoms with E-state index in [1.54, 1.807) is 24.3 Å². The van der Waals surface area contributed by atoms with Crippen LogP contribution in [0.5, 0.6) is 5.88 Å². The zero-order valence-corrected chi connectivity index (χ0v) is 11.0. The minimum absolute atomic E-state index is 0.244. The average Bonchev–Trinajstić information content (AvgIpc) is 2.42. The molecule has 0 radical (unpaired) electrons. The molecule has 19 heavy (non-hydrogen) atoms. The molecular weight excluding hydrogens is 266 g/mol. The Balaban J connectivity index is 2.11. The highest BCUT2D eigenvalue weighted by Gasteiger charge is 2.09. The van der Waals surface area contributed by atoms with E-state index >= 15 is 0 Å². The van der Waals surface area contributed by atoms with Gasteiger partial charge in [0.05, 0.1) is 6.61 Å². The van der Waals surface area contributed by atoms with E-state index in [4.69, 9.17) is 16.3 Å². The van der Waals surface area contributed by atoms with Crippen LogP contribution in [0, 0.1) is 0 Å². The molecule has 1 heterocycles. The molecule has 5 nitrogen and oxygen atoms in total. The Hall–Kier alpha value is -2.14. The van der Waals surface area contributed by atoms with Gasteiger partial charge in [-0.3, -0.25) is 4.79 Å². The maximum Gasteiger partial charge on any atom is 0.274 e. The van der Waals surface area contributed by atoms with Crippen LogP contribution in [0.2, 0.25) is 5.02 Å². The van der Waals surface area contributed by atoms with Crippen molar-refractivity contribution in [2.45, 2.75) is 6.92 Å². The summed E-state index contributed by atoms with van der Waals surface area (Å²) in [4.78, 5) is 19.8. The van der Waals surface area contributed by atoms with Gasteiger partial charge < -0.3 is 10.1 Å². The molecule has 1 aromatic heterocycles. The molecule has 1 N–H and O–H groups in total. The number of hydrogen-bond donors (Lipinski definition) is 1. The van der Waals surface area contributed by atoms with Crippen molar-refractivity contribution in [3.8, 4) is 5.88 Å². The maximum absolute atomic E-state index is 12.0. The van der Waals surface area contributed by atoms with E-state index in [0.29, 0.717) is 23.2 Å². The van der Waals surface area contributed by atoms with Crippen molar-refractivity contribution in [1.82, 2.24) is 9.97 Å². The lowest BCUT2D eigenvalue weighted by Crippen LogP contribution is -2.14. The van der Waals surface area contributed by atoms with Gasteiger partial charge in [-0.1, -0.05) is 11.6 Å². The molecule has 0 aliphatic heterocycles. The van der Waals surface area contributed by atoms with Crippen LogP contribution in [0.25, 0.3) is 0 Å². The highest BCUT2D eigenvalue weighted by atomic mass is 35.5. The molecule has 0 spiro atoms. The quantitative estimate of drug-likeness (QED) is 0.933. The van der Waals surface area contributed by atoms with Crippen LogP contribution in [-0.2, 0) is 0 Å². The summed E-state index contributed by atoms with van der Waals surface area (Å²) in [6.45, 7) is 2.32. The number of hydrogen-bond acceptors (Lipinski definition) is 4. The average molecular weight is 278 g/mol. The first-order chi connectivity index (χ1) is 9.19. The Kier molecular flexibility index (Phi) is 4.30. The summed E-state index contributed by atoms with van der Waals surface area (Å²) in [6, 6.07) is 8.32. The van der Waals surface area contributed by atoms with Gasteiger partial charge in [0.1, 0.15) is 12.0 Å². The summed E-state index contributed by atoms with van der Waals surface area (Å²) >= 11 is 5.77. The first kappa shape index (κ1) is 13.3. The van der Waals surface area contributed by atoms with Gasteiger partial charge >= 0.3 is 0 Å².